The van der Waals surface area contributed by atoms with Crippen LogP contribution in [-0.4, -0.2) is 26.8 Å². The highest BCUT2D eigenvalue weighted by molar-refractivity contribution is 5.99. The van der Waals surface area contributed by atoms with Gasteiger partial charge < -0.3 is 14.2 Å². The van der Waals surface area contributed by atoms with Crippen LogP contribution >= 0.6 is 0 Å². The first-order valence-corrected chi connectivity index (χ1v) is 8.69. The fraction of sp³-hybridized carbons (Fsp3) is 0.130. The zero-order chi connectivity index (χ0) is 19.9. The summed E-state index contributed by atoms with van der Waals surface area (Å²) in [7, 11) is 3.04. The highest BCUT2D eigenvalue weighted by Crippen LogP contribution is 2.45. The standard InChI is InChI=1S/C23H20O5/c1-26-19-10-6-9-17(13-24)21(19)22-18(14-25)11-12-20(27-2)23(22)28-15-16-7-4-3-5-8-16/h3-14H,15H2,1-2H3. The summed E-state index contributed by atoms with van der Waals surface area (Å²) in [6.45, 7) is 0.276. The molecule has 0 aliphatic rings. The molecule has 0 atom stereocenters. The topological polar surface area (TPSA) is 61.8 Å². The van der Waals surface area contributed by atoms with Crippen molar-refractivity contribution in [1.82, 2.24) is 0 Å². The molecule has 0 amide bonds. The van der Waals surface area contributed by atoms with Crippen molar-refractivity contribution < 1.29 is 23.8 Å². The fourth-order valence-electron chi connectivity index (χ4n) is 3.05. The van der Waals surface area contributed by atoms with Gasteiger partial charge in [-0.05, 0) is 23.8 Å². The molecule has 0 N–H and O–H groups in total. The Kier molecular flexibility index (Phi) is 6.07. The molecule has 0 fully saturated rings. The van der Waals surface area contributed by atoms with Crippen LogP contribution in [0.25, 0.3) is 11.1 Å². The Hall–Kier alpha value is -3.60. The van der Waals surface area contributed by atoms with E-state index in [4.69, 9.17) is 14.2 Å². The first-order chi connectivity index (χ1) is 13.7. The average Bonchev–Trinajstić information content (AvgIpc) is 2.76. The van der Waals surface area contributed by atoms with Crippen LogP contribution in [0.2, 0.25) is 0 Å². The number of hydrogen-bond donors (Lipinski definition) is 0. The zero-order valence-electron chi connectivity index (χ0n) is 15.7. The minimum Gasteiger partial charge on any atom is -0.496 e. The molecule has 0 bridgehead atoms. The normalized spacial score (nSPS) is 10.2. The van der Waals surface area contributed by atoms with E-state index in [0.29, 0.717) is 39.5 Å². The summed E-state index contributed by atoms with van der Waals surface area (Å²) in [4.78, 5) is 23.5. The van der Waals surface area contributed by atoms with Crippen molar-refractivity contribution >= 4 is 12.6 Å². The van der Waals surface area contributed by atoms with Crippen molar-refractivity contribution in [2.45, 2.75) is 6.61 Å². The third-order valence-electron chi connectivity index (χ3n) is 4.38. The predicted molar refractivity (Wildman–Crippen MR) is 107 cm³/mol. The van der Waals surface area contributed by atoms with Gasteiger partial charge in [0.25, 0.3) is 0 Å². The van der Waals surface area contributed by atoms with E-state index in [0.717, 1.165) is 18.1 Å². The zero-order valence-corrected chi connectivity index (χ0v) is 15.7. The SMILES string of the molecule is COc1ccc(C=O)c(-c2c(C=O)cccc2OC)c1OCc1ccccc1. The lowest BCUT2D eigenvalue weighted by molar-refractivity contribution is 0.111. The van der Waals surface area contributed by atoms with Crippen molar-refractivity contribution in [2.24, 2.45) is 0 Å². The quantitative estimate of drug-likeness (QED) is 0.539. The van der Waals surface area contributed by atoms with Gasteiger partial charge in [-0.1, -0.05) is 42.5 Å². The lowest BCUT2D eigenvalue weighted by atomic mass is 9.94. The average molecular weight is 376 g/mol. The first-order valence-electron chi connectivity index (χ1n) is 8.69. The van der Waals surface area contributed by atoms with Crippen molar-refractivity contribution in [3.8, 4) is 28.4 Å². The summed E-state index contributed by atoms with van der Waals surface area (Å²) in [5.74, 6) is 1.30. The number of benzene rings is 3. The molecule has 0 aliphatic heterocycles. The number of carbonyl (C=O) groups is 2. The van der Waals surface area contributed by atoms with E-state index in [1.54, 1.807) is 30.3 Å². The molecular formula is C23H20O5. The van der Waals surface area contributed by atoms with Crippen LogP contribution < -0.4 is 14.2 Å². The number of methoxy groups -OCH3 is 2. The van der Waals surface area contributed by atoms with Crippen LogP contribution in [0, 0.1) is 0 Å². The summed E-state index contributed by atoms with van der Waals surface area (Å²) < 4.78 is 17.0. The smallest absolute Gasteiger partial charge is 0.170 e. The molecule has 0 radical (unpaired) electrons. The van der Waals surface area contributed by atoms with E-state index in [1.165, 1.54) is 14.2 Å². The van der Waals surface area contributed by atoms with Gasteiger partial charge >= 0.3 is 0 Å². The Labute approximate surface area is 163 Å². The highest BCUT2D eigenvalue weighted by atomic mass is 16.5. The summed E-state index contributed by atoms with van der Waals surface area (Å²) in [5, 5.41) is 0. The Bertz CT molecular complexity index is 980. The molecule has 142 valence electrons. The van der Waals surface area contributed by atoms with E-state index in [9.17, 15) is 9.59 Å². The van der Waals surface area contributed by atoms with Crippen LogP contribution in [0.15, 0.2) is 60.7 Å². The van der Waals surface area contributed by atoms with Crippen LogP contribution in [0.4, 0.5) is 0 Å². The molecule has 0 heterocycles. The molecule has 3 aromatic rings. The monoisotopic (exact) mass is 376 g/mol. The molecule has 0 aliphatic carbocycles. The Morgan fingerprint density at radius 3 is 2.04 bits per heavy atom. The second-order valence-corrected chi connectivity index (χ2v) is 6.00. The molecular weight excluding hydrogens is 356 g/mol. The van der Waals surface area contributed by atoms with Crippen molar-refractivity contribution in [3.05, 3.63) is 77.4 Å². The molecule has 3 rings (SSSR count). The van der Waals surface area contributed by atoms with E-state index in [2.05, 4.69) is 0 Å². The Balaban J connectivity index is 2.22. The van der Waals surface area contributed by atoms with Crippen LogP contribution in [0.5, 0.6) is 17.2 Å². The molecule has 5 heteroatoms. The van der Waals surface area contributed by atoms with Gasteiger partial charge in [0, 0.05) is 22.3 Å². The maximum Gasteiger partial charge on any atom is 0.170 e. The maximum absolute atomic E-state index is 11.8. The third-order valence-corrected chi connectivity index (χ3v) is 4.38. The van der Waals surface area contributed by atoms with Gasteiger partial charge in [-0.2, -0.15) is 0 Å². The van der Waals surface area contributed by atoms with Gasteiger partial charge in [0.15, 0.2) is 24.1 Å². The van der Waals surface area contributed by atoms with Gasteiger partial charge in [0.05, 0.1) is 14.2 Å². The van der Waals surface area contributed by atoms with E-state index >= 15 is 0 Å². The number of aldehydes is 2. The van der Waals surface area contributed by atoms with Crippen LogP contribution in [-0.2, 0) is 6.61 Å². The molecule has 0 aromatic heterocycles. The summed E-state index contributed by atoms with van der Waals surface area (Å²) >= 11 is 0. The van der Waals surface area contributed by atoms with E-state index in [1.807, 2.05) is 30.3 Å². The second-order valence-electron chi connectivity index (χ2n) is 6.00. The minimum atomic E-state index is 0.276. The molecule has 3 aromatic carbocycles. The van der Waals surface area contributed by atoms with Gasteiger partial charge in [-0.25, -0.2) is 0 Å². The van der Waals surface area contributed by atoms with Gasteiger partial charge in [0.1, 0.15) is 12.4 Å². The second kappa shape index (κ2) is 8.86. The summed E-state index contributed by atoms with van der Waals surface area (Å²) in [5.41, 5.74) is 2.67. The molecule has 0 saturated heterocycles. The molecule has 5 nitrogen and oxygen atoms in total. The molecule has 0 spiro atoms. The number of rotatable bonds is 8. The Morgan fingerprint density at radius 2 is 1.39 bits per heavy atom. The first kappa shape index (κ1) is 19.2. The number of hydrogen-bond acceptors (Lipinski definition) is 5. The summed E-state index contributed by atoms with van der Waals surface area (Å²) in [6.07, 6.45) is 1.46. The van der Waals surface area contributed by atoms with E-state index < -0.39 is 0 Å². The molecule has 28 heavy (non-hydrogen) atoms. The maximum atomic E-state index is 11.8. The van der Waals surface area contributed by atoms with Crippen molar-refractivity contribution in [1.29, 1.82) is 0 Å². The van der Waals surface area contributed by atoms with Crippen LogP contribution in [0.3, 0.4) is 0 Å². The Morgan fingerprint density at radius 1 is 0.714 bits per heavy atom. The van der Waals surface area contributed by atoms with Gasteiger partial charge in [0.2, 0.25) is 0 Å². The lowest BCUT2D eigenvalue weighted by Crippen LogP contribution is -2.04. The fourth-order valence-corrected chi connectivity index (χ4v) is 3.05. The molecule has 0 unspecified atom stereocenters. The molecule has 0 saturated carbocycles. The number of ether oxygens (including phenoxy) is 3. The van der Waals surface area contributed by atoms with E-state index in [-0.39, 0.29) is 6.61 Å². The largest absolute Gasteiger partial charge is 0.496 e. The predicted octanol–water partition coefficient (Wildman–Crippen LogP) is 4.57. The van der Waals surface area contributed by atoms with Crippen molar-refractivity contribution in [2.75, 3.05) is 14.2 Å². The third kappa shape index (κ3) is 3.74. The lowest BCUT2D eigenvalue weighted by Gasteiger charge is -2.19. The highest BCUT2D eigenvalue weighted by Gasteiger charge is 2.23. The minimum absolute atomic E-state index is 0.276. The van der Waals surface area contributed by atoms with Gasteiger partial charge in [-0.3, -0.25) is 9.59 Å². The number of carbonyl (C=O) groups excluding carboxylic acids is 2. The van der Waals surface area contributed by atoms with Gasteiger partial charge in [-0.15, -0.1) is 0 Å². The van der Waals surface area contributed by atoms with Crippen molar-refractivity contribution in [3.63, 3.8) is 0 Å². The van der Waals surface area contributed by atoms with Crippen LogP contribution in [0.1, 0.15) is 26.3 Å². The summed E-state index contributed by atoms with van der Waals surface area (Å²) in [6, 6.07) is 18.1.